The number of carbonyl (C=O) groups excluding carboxylic acids is 2. The van der Waals surface area contributed by atoms with Gasteiger partial charge in [0.1, 0.15) is 11.3 Å². The van der Waals surface area contributed by atoms with Gasteiger partial charge in [0.25, 0.3) is 10.0 Å². The van der Waals surface area contributed by atoms with E-state index in [-0.39, 0.29) is 23.8 Å². The van der Waals surface area contributed by atoms with E-state index in [4.69, 9.17) is 4.74 Å². The molecule has 136 valence electrons. The van der Waals surface area contributed by atoms with E-state index in [2.05, 4.69) is 14.8 Å². The molecule has 0 unspecified atom stereocenters. The van der Waals surface area contributed by atoms with E-state index in [9.17, 15) is 18.0 Å². The van der Waals surface area contributed by atoms with Crippen LogP contribution in [0.1, 0.15) is 31.3 Å². The standard InChI is InChI=1S/C14H23N3O6S/c1-14(2,3)23-13(19)15-8-9-16-24(20,21)11-7-6-10(17(11)4)12(18)22-5/h6-7,16H,8-9H2,1-5H3,(H,15,19). The number of alkyl carbamates (subject to hydrolysis) is 1. The number of hydrogen-bond donors (Lipinski definition) is 2. The minimum absolute atomic E-state index is 0.0275. The SMILES string of the molecule is COC(=O)c1ccc(S(=O)(=O)NCCNC(=O)OC(C)(C)C)n1C. The third-order valence-corrected chi connectivity index (χ3v) is 4.38. The normalized spacial score (nSPS) is 11.9. The van der Waals surface area contributed by atoms with Crippen LogP contribution in [0.15, 0.2) is 17.2 Å². The molecular formula is C14H23N3O6S. The number of sulfonamides is 1. The lowest BCUT2D eigenvalue weighted by atomic mass is 10.2. The van der Waals surface area contributed by atoms with Gasteiger partial charge < -0.3 is 19.4 Å². The Labute approximate surface area is 141 Å². The predicted molar refractivity (Wildman–Crippen MR) is 86.2 cm³/mol. The summed E-state index contributed by atoms with van der Waals surface area (Å²) in [6.45, 7) is 5.21. The van der Waals surface area contributed by atoms with Crippen LogP contribution in [0, 0.1) is 0 Å². The summed E-state index contributed by atoms with van der Waals surface area (Å²) in [7, 11) is -1.18. The average molecular weight is 361 g/mol. The minimum atomic E-state index is -3.83. The summed E-state index contributed by atoms with van der Waals surface area (Å²) in [5.74, 6) is -0.634. The van der Waals surface area contributed by atoms with Gasteiger partial charge in [-0.3, -0.25) is 0 Å². The molecule has 10 heteroatoms. The number of rotatable bonds is 6. The lowest BCUT2D eigenvalue weighted by Crippen LogP contribution is -2.38. The smallest absolute Gasteiger partial charge is 0.407 e. The molecule has 0 fully saturated rings. The third kappa shape index (κ3) is 5.53. The van der Waals surface area contributed by atoms with Crippen molar-refractivity contribution >= 4 is 22.1 Å². The Hall–Kier alpha value is -2.07. The Morgan fingerprint density at radius 3 is 2.38 bits per heavy atom. The average Bonchev–Trinajstić information content (AvgIpc) is 2.83. The van der Waals surface area contributed by atoms with E-state index in [1.807, 2.05) is 0 Å². The van der Waals surface area contributed by atoms with Crippen molar-refractivity contribution < 1.29 is 27.5 Å². The van der Waals surface area contributed by atoms with Crippen LogP contribution in [0.2, 0.25) is 0 Å². The first-order valence-corrected chi connectivity index (χ1v) is 8.67. The van der Waals surface area contributed by atoms with Crippen molar-refractivity contribution in [2.75, 3.05) is 20.2 Å². The first-order chi connectivity index (χ1) is 11.0. The number of esters is 1. The highest BCUT2D eigenvalue weighted by atomic mass is 32.2. The van der Waals surface area contributed by atoms with Crippen LogP contribution in [0.4, 0.5) is 4.79 Å². The molecule has 0 aromatic carbocycles. The number of nitrogens with one attached hydrogen (secondary N) is 2. The topological polar surface area (TPSA) is 116 Å². The first-order valence-electron chi connectivity index (χ1n) is 7.18. The van der Waals surface area contributed by atoms with E-state index in [1.54, 1.807) is 20.8 Å². The maximum absolute atomic E-state index is 12.2. The van der Waals surface area contributed by atoms with Crippen molar-refractivity contribution in [2.24, 2.45) is 7.05 Å². The number of amides is 1. The molecule has 1 amide bonds. The number of carbonyl (C=O) groups is 2. The van der Waals surface area contributed by atoms with E-state index in [0.717, 1.165) is 0 Å². The van der Waals surface area contributed by atoms with Gasteiger partial charge in [-0.1, -0.05) is 0 Å². The summed E-state index contributed by atoms with van der Waals surface area (Å²) >= 11 is 0. The number of aromatic nitrogens is 1. The van der Waals surface area contributed by atoms with Crippen LogP contribution in [-0.4, -0.2) is 50.8 Å². The van der Waals surface area contributed by atoms with Gasteiger partial charge >= 0.3 is 12.1 Å². The number of hydrogen-bond acceptors (Lipinski definition) is 6. The second kappa shape index (κ2) is 7.67. The monoisotopic (exact) mass is 361 g/mol. The van der Waals surface area contributed by atoms with Gasteiger partial charge in [0.15, 0.2) is 5.03 Å². The fraction of sp³-hybridized carbons (Fsp3) is 0.571. The predicted octanol–water partition coefficient (Wildman–Crippen LogP) is 0.615. The van der Waals surface area contributed by atoms with E-state index in [0.29, 0.717) is 0 Å². The maximum atomic E-state index is 12.2. The van der Waals surface area contributed by atoms with E-state index < -0.39 is 27.7 Å². The van der Waals surface area contributed by atoms with Crippen molar-refractivity contribution in [3.05, 3.63) is 17.8 Å². The lowest BCUT2D eigenvalue weighted by molar-refractivity contribution is 0.0527. The zero-order valence-electron chi connectivity index (χ0n) is 14.4. The van der Waals surface area contributed by atoms with E-state index >= 15 is 0 Å². The van der Waals surface area contributed by atoms with Gasteiger partial charge in [-0.25, -0.2) is 22.7 Å². The molecule has 0 atom stereocenters. The Balaban J connectivity index is 2.61. The Bertz CT molecular complexity index is 703. The second-order valence-corrected chi connectivity index (χ2v) is 7.65. The molecule has 0 radical (unpaired) electrons. The Morgan fingerprint density at radius 1 is 1.21 bits per heavy atom. The van der Waals surface area contributed by atoms with Crippen LogP contribution in [0.5, 0.6) is 0 Å². The zero-order chi connectivity index (χ0) is 18.5. The third-order valence-electron chi connectivity index (χ3n) is 2.83. The largest absolute Gasteiger partial charge is 0.464 e. The molecule has 0 saturated heterocycles. The molecule has 0 aliphatic heterocycles. The molecular weight excluding hydrogens is 338 g/mol. The molecule has 2 N–H and O–H groups in total. The molecule has 0 bridgehead atoms. The van der Waals surface area contributed by atoms with Crippen LogP contribution >= 0.6 is 0 Å². The van der Waals surface area contributed by atoms with Crippen molar-refractivity contribution in [3.63, 3.8) is 0 Å². The van der Waals surface area contributed by atoms with Crippen molar-refractivity contribution in [2.45, 2.75) is 31.4 Å². The van der Waals surface area contributed by atoms with Gasteiger partial charge in [-0.2, -0.15) is 0 Å². The molecule has 1 rings (SSSR count). The molecule has 1 aromatic rings. The van der Waals surface area contributed by atoms with Gasteiger partial charge in [0.2, 0.25) is 0 Å². The Kier molecular flexibility index (Phi) is 6.38. The summed E-state index contributed by atoms with van der Waals surface area (Å²) in [5.41, 5.74) is -0.513. The summed E-state index contributed by atoms with van der Waals surface area (Å²) in [6, 6.07) is 2.66. The van der Waals surface area contributed by atoms with Crippen molar-refractivity contribution in [1.82, 2.24) is 14.6 Å². The fourth-order valence-electron chi connectivity index (χ4n) is 1.81. The van der Waals surface area contributed by atoms with Crippen LogP contribution in [0.25, 0.3) is 0 Å². The minimum Gasteiger partial charge on any atom is -0.464 e. The summed E-state index contributed by atoms with van der Waals surface area (Å²) in [5, 5.41) is 2.36. The molecule has 24 heavy (non-hydrogen) atoms. The first kappa shape index (κ1) is 20.0. The highest BCUT2D eigenvalue weighted by Gasteiger charge is 2.22. The second-order valence-electron chi connectivity index (χ2n) is 5.93. The van der Waals surface area contributed by atoms with Crippen molar-refractivity contribution in [1.29, 1.82) is 0 Å². The molecule has 1 heterocycles. The molecule has 0 aliphatic rings. The van der Waals surface area contributed by atoms with Crippen LogP contribution < -0.4 is 10.0 Å². The maximum Gasteiger partial charge on any atom is 0.407 e. The van der Waals surface area contributed by atoms with Gasteiger partial charge in [-0.15, -0.1) is 0 Å². The van der Waals surface area contributed by atoms with E-state index in [1.165, 1.54) is 30.9 Å². The summed E-state index contributed by atoms with van der Waals surface area (Å²) < 4.78 is 37.6. The highest BCUT2D eigenvalue weighted by Crippen LogP contribution is 2.13. The lowest BCUT2D eigenvalue weighted by Gasteiger charge is -2.19. The molecule has 0 saturated carbocycles. The quantitative estimate of drug-likeness (QED) is 0.567. The molecule has 1 aromatic heterocycles. The summed E-state index contributed by atoms with van der Waals surface area (Å²) in [6.07, 6.45) is -0.631. The Morgan fingerprint density at radius 2 is 1.83 bits per heavy atom. The zero-order valence-corrected chi connectivity index (χ0v) is 15.2. The van der Waals surface area contributed by atoms with Gasteiger partial charge in [0.05, 0.1) is 7.11 Å². The summed E-state index contributed by atoms with van der Waals surface area (Å²) in [4.78, 5) is 23.0. The molecule has 0 aliphatic carbocycles. The van der Waals surface area contributed by atoms with Crippen LogP contribution in [-0.2, 0) is 26.5 Å². The number of methoxy groups -OCH3 is 1. The molecule has 0 spiro atoms. The highest BCUT2D eigenvalue weighted by molar-refractivity contribution is 7.89. The molecule has 9 nitrogen and oxygen atoms in total. The number of nitrogens with zero attached hydrogens (tertiary/aromatic N) is 1. The fourth-order valence-corrected chi connectivity index (χ4v) is 3.03. The van der Waals surface area contributed by atoms with Crippen molar-refractivity contribution in [3.8, 4) is 0 Å². The number of ether oxygens (including phenoxy) is 2. The van der Waals surface area contributed by atoms with Crippen LogP contribution in [0.3, 0.4) is 0 Å². The van der Waals surface area contributed by atoms with Gasteiger partial charge in [0, 0.05) is 20.1 Å². The van der Waals surface area contributed by atoms with Gasteiger partial charge in [-0.05, 0) is 32.9 Å².